The van der Waals surface area contributed by atoms with E-state index < -0.39 is 0 Å². The maximum atomic E-state index is 11.1. The standard InChI is InChI=1S/C19H28N4O2.HI/c1-15(24)22-16-5-3-6-17(13-16)25-12-10-21-18(20-2)23-11-9-19(14-23)7-4-8-19;/h3,5-6,13H,4,7-12,14H2,1-2H3,(H,20,21)(H,22,24);1H. The van der Waals surface area contributed by atoms with Gasteiger partial charge in [0.15, 0.2) is 5.96 Å². The SMILES string of the molecule is CN=C(NCCOc1cccc(NC(C)=O)c1)N1CCC2(CCC2)C1.I. The van der Waals surface area contributed by atoms with Gasteiger partial charge in [0.25, 0.3) is 0 Å². The molecule has 1 aromatic rings. The zero-order valence-corrected chi connectivity index (χ0v) is 17.9. The second-order valence-electron chi connectivity index (χ2n) is 7.06. The fourth-order valence-electron chi connectivity index (χ4n) is 3.73. The maximum absolute atomic E-state index is 11.1. The highest BCUT2D eigenvalue weighted by atomic mass is 127. The molecule has 0 aromatic heterocycles. The fraction of sp³-hybridized carbons (Fsp3) is 0.579. The molecule has 6 nitrogen and oxygen atoms in total. The predicted octanol–water partition coefficient (Wildman–Crippen LogP) is 3.09. The normalized spacial score (nSPS) is 18.1. The van der Waals surface area contributed by atoms with E-state index in [0.29, 0.717) is 18.6 Å². The Hall–Kier alpha value is -1.51. The van der Waals surface area contributed by atoms with Crippen molar-refractivity contribution < 1.29 is 9.53 Å². The van der Waals surface area contributed by atoms with E-state index in [1.807, 2.05) is 31.3 Å². The Morgan fingerprint density at radius 1 is 1.35 bits per heavy atom. The van der Waals surface area contributed by atoms with Gasteiger partial charge in [0, 0.05) is 38.8 Å². The molecule has 7 heteroatoms. The number of guanidine groups is 1. The summed E-state index contributed by atoms with van der Waals surface area (Å²) in [6, 6.07) is 7.44. The first kappa shape index (κ1) is 20.8. The molecule has 1 aliphatic heterocycles. The Bertz CT molecular complexity index is 646. The summed E-state index contributed by atoms with van der Waals surface area (Å²) in [6.07, 6.45) is 5.41. The molecule has 1 spiro atoms. The van der Waals surface area contributed by atoms with Crippen molar-refractivity contribution in [3.63, 3.8) is 0 Å². The van der Waals surface area contributed by atoms with Crippen LogP contribution in [0.2, 0.25) is 0 Å². The zero-order valence-electron chi connectivity index (χ0n) is 15.6. The van der Waals surface area contributed by atoms with Crippen LogP contribution >= 0.6 is 24.0 Å². The second-order valence-corrected chi connectivity index (χ2v) is 7.06. The smallest absolute Gasteiger partial charge is 0.221 e. The van der Waals surface area contributed by atoms with Crippen LogP contribution in [0.15, 0.2) is 29.3 Å². The van der Waals surface area contributed by atoms with Gasteiger partial charge in [-0.1, -0.05) is 12.5 Å². The molecule has 1 aliphatic carbocycles. The highest BCUT2D eigenvalue weighted by Gasteiger charge is 2.43. The number of rotatable bonds is 5. The zero-order chi connectivity index (χ0) is 17.7. The third-order valence-corrected chi connectivity index (χ3v) is 5.17. The lowest BCUT2D eigenvalue weighted by Crippen LogP contribution is -2.43. The molecule has 26 heavy (non-hydrogen) atoms. The molecule has 0 atom stereocenters. The number of carbonyl (C=O) groups excluding carboxylic acids is 1. The topological polar surface area (TPSA) is 66.0 Å². The van der Waals surface area contributed by atoms with Crippen molar-refractivity contribution >= 4 is 41.5 Å². The van der Waals surface area contributed by atoms with Crippen LogP contribution in [0.3, 0.4) is 0 Å². The Kier molecular flexibility index (Phi) is 7.55. The predicted molar refractivity (Wildman–Crippen MR) is 115 cm³/mol. The number of ether oxygens (including phenoxy) is 1. The van der Waals surface area contributed by atoms with E-state index in [1.165, 1.54) is 32.6 Å². The minimum Gasteiger partial charge on any atom is -0.492 e. The van der Waals surface area contributed by atoms with Gasteiger partial charge in [-0.2, -0.15) is 0 Å². The van der Waals surface area contributed by atoms with Crippen LogP contribution in [0.4, 0.5) is 5.69 Å². The third-order valence-electron chi connectivity index (χ3n) is 5.17. The number of aliphatic imine (C=N–C) groups is 1. The molecule has 0 unspecified atom stereocenters. The van der Waals surface area contributed by atoms with E-state index in [9.17, 15) is 4.79 Å². The average Bonchev–Trinajstić information content (AvgIpc) is 3.00. The molecule has 144 valence electrons. The van der Waals surface area contributed by atoms with Gasteiger partial charge in [-0.3, -0.25) is 9.79 Å². The van der Waals surface area contributed by atoms with Gasteiger partial charge in [-0.15, -0.1) is 24.0 Å². The van der Waals surface area contributed by atoms with Gasteiger partial charge in [0.1, 0.15) is 12.4 Å². The van der Waals surface area contributed by atoms with Gasteiger partial charge < -0.3 is 20.3 Å². The fourth-order valence-corrected chi connectivity index (χ4v) is 3.73. The molecule has 1 aromatic carbocycles. The van der Waals surface area contributed by atoms with Crippen molar-refractivity contribution in [1.29, 1.82) is 0 Å². The van der Waals surface area contributed by atoms with Crippen LogP contribution < -0.4 is 15.4 Å². The van der Waals surface area contributed by atoms with Crippen molar-refractivity contribution in [2.75, 3.05) is 38.6 Å². The van der Waals surface area contributed by atoms with Crippen molar-refractivity contribution in [2.45, 2.75) is 32.6 Å². The van der Waals surface area contributed by atoms with E-state index >= 15 is 0 Å². The Balaban J connectivity index is 0.00000243. The van der Waals surface area contributed by atoms with Gasteiger partial charge in [-0.25, -0.2) is 0 Å². The van der Waals surface area contributed by atoms with Gasteiger partial charge >= 0.3 is 0 Å². The summed E-state index contributed by atoms with van der Waals surface area (Å²) in [4.78, 5) is 17.9. The van der Waals surface area contributed by atoms with Gasteiger partial charge in [0.05, 0.1) is 6.54 Å². The van der Waals surface area contributed by atoms with Crippen LogP contribution in [0, 0.1) is 5.41 Å². The van der Waals surface area contributed by atoms with Crippen molar-refractivity contribution in [2.24, 2.45) is 10.4 Å². The molecule has 3 rings (SSSR count). The van der Waals surface area contributed by atoms with Crippen molar-refractivity contribution in [3.05, 3.63) is 24.3 Å². The van der Waals surface area contributed by atoms with E-state index in [4.69, 9.17) is 4.74 Å². The number of nitrogens with zero attached hydrogens (tertiary/aromatic N) is 2. The first-order valence-electron chi connectivity index (χ1n) is 9.06. The summed E-state index contributed by atoms with van der Waals surface area (Å²) in [7, 11) is 1.84. The lowest BCUT2D eigenvalue weighted by atomic mass is 9.68. The summed E-state index contributed by atoms with van der Waals surface area (Å²) < 4.78 is 5.77. The largest absolute Gasteiger partial charge is 0.492 e. The third kappa shape index (κ3) is 5.25. The number of halogens is 1. The molecular formula is C19H29IN4O2. The number of hydrogen-bond acceptors (Lipinski definition) is 3. The number of nitrogens with one attached hydrogen (secondary N) is 2. The molecule has 1 heterocycles. The van der Waals surface area contributed by atoms with Crippen LogP contribution in [-0.2, 0) is 4.79 Å². The monoisotopic (exact) mass is 472 g/mol. The summed E-state index contributed by atoms with van der Waals surface area (Å²) >= 11 is 0. The second kappa shape index (κ2) is 9.43. The molecule has 0 radical (unpaired) electrons. The van der Waals surface area contributed by atoms with Crippen LogP contribution in [0.5, 0.6) is 5.75 Å². The first-order chi connectivity index (χ1) is 12.1. The maximum Gasteiger partial charge on any atom is 0.221 e. The molecule has 2 aliphatic rings. The van der Waals surface area contributed by atoms with Crippen molar-refractivity contribution in [3.8, 4) is 5.75 Å². The lowest BCUT2D eigenvalue weighted by Gasteiger charge is -2.38. The minimum atomic E-state index is -0.0857. The number of carbonyl (C=O) groups is 1. The van der Waals surface area contributed by atoms with E-state index in [0.717, 1.165) is 30.5 Å². The molecule has 1 saturated heterocycles. The summed E-state index contributed by atoms with van der Waals surface area (Å²) in [5.74, 6) is 1.63. The van der Waals surface area contributed by atoms with Gasteiger partial charge in [-0.05, 0) is 36.8 Å². The molecule has 0 bridgehead atoms. The highest BCUT2D eigenvalue weighted by Crippen LogP contribution is 2.47. The lowest BCUT2D eigenvalue weighted by molar-refractivity contribution is -0.114. The first-order valence-corrected chi connectivity index (χ1v) is 9.06. The Labute approximate surface area is 172 Å². The number of amides is 1. The molecule has 2 fully saturated rings. The molecule has 1 amide bonds. The van der Waals surface area contributed by atoms with E-state index in [2.05, 4.69) is 20.5 Å². The summed E-state index contributed by atoms with van der Waals surface area (Å²) in [5.41, 5.74) is 1.31. The number of benzene rings is 1. The van der Waals surface area contributed by atoms with Gasteiger partial charge in [0.2, 0.25) is 5.91 Å². The van der Waals surface area contributed by atoms with Crippen LogP contribution in [-0.4, -0.2) is 50.1 Å². The average molecular weight is 472 g/mol. The summed E-state index contributed by atoms with van der Waals surface area (Å²) in [5, 5.41) is 6.15. The Morgan fingerprint density at radius 2 is 2.15 bits per heavy atom. The van der Waals surface area contributed by atoms with Crippen LogP contribution in [0.1, 0.15) is 32.6 Å². The number of anilines is 1. The number of likely N-dealkylation sites (tertiary alicyclic amines) is 1. The quantitative estimate of drug-likeness (QED) is 0.299. The Morgan fingerprint density at radius 3 is 2.77 bits per heavy atom. The van der Waals surface area contributed by atoms with Crippen LogP contribution in [0.25, 0.3) is 0 Å². The minimum absolute atomic E-state index is 0. The van der Waals surface area contributed by atoms with E-state index in [-0.39, 0.29) is 29.9 Å². The highest BCUT2D eigenvalue weighted by molar-refractivity contribution is 14.0. The summed E-state index contributed by atoms with van der Waals surface area (Å²) in [6.45, 7) is 4.96. The molecular weight excluding hydrogens is 443 g/mol. The molecule has 2 N–H and O–H groups in total. The van der Waals surface area contributed by atoms with Crippen molar-refractivity contribution in [1.82, 2.24) is 10.2 Å². The molecule has 1 saturated carbocycles. The van der Waals surface area contributed by atoms with E-state index in [1.54, 1.807) is 0 Å². The number of hydrogen-bond donors (Lipinski definition) is 2.